The van der Waals surface area contributed by atoms with Crippen LogP contribution in [0.4, 0.5) is 5.69 Å². The van der Waals surface area contributed by atoms with Gasteiger partial charge in [-0.2, -0.15) is 4.31 Å². The number of amides is 1. The van der Waals surface area contributed by atoms with Crippen molar-refractivity contribution in [2.75, 3.05) is 25.0 Å². The van der Waals surface area contributed by atoms with E-state index in [0.717, 1.165) is 31.2 Å². The number of rotatable bonds is 7. The molecule has 1 unspecified atom stereocenters. The van der Waals surface area contributed by atoms with E-state index in [2.05, 4.69) is 10.6 Å². The maximum absolute atomic E-state index is 13.0. The van der Waals surface area contributed by atoms with Gasteiger partial charge < -0.3 is 10.6 Å². The van der Waals surface area contributed by atoms with Crippen molar-refractivity contribution in [1.82, 2.24) is 9.62 Å². The fourth-order valence-electron chi connectivity index (χ4n) is 3.49. The molecule has 30 heavy (non-hydrogen) atoms. The maximum Gasteiger partial charge on any atom is 0.243 e. The van der Waals surface area contributed by atoms with Crippen LogP contribution in [0.15, 0.2) is 53.4 Å². The summed E-state index contributed by atoms with van der Waals surface area (Å²) in [6.45, 7) is 3.16. The Hall–Kier alpha value is -1.93. The highest BCUT2D eigenvalue weighted by molar-refractivity contribution is 7.89. The van der Waals surface area contributed by atoms with Crippen LogP contribution in [0.5, 0.6) is 0 Å². The van der Waals surface area contributed by atoms with Crippen LogP contribution in [-0.2, 0) is 14.8 Å². The Balaban J connectivity index is 1.60. The van der Waals surface area contributed by atoms with E-state index in [0.29, 0.717) is 23.8 Å². The van der Waals surface area contributed by atoms with Crippen molar-refractivity contribution in [3.8, 4) is 0 Å². The van der Waals surface area contributed by atoms with Gasteiger partial charge in [0.05, 0.1) is 11.4 Å². The van der Waals surface area contributed by atoms with Crippen molar-refractivity contribution in [2.45, 2.75) is 43.5 Å². The van der Waals surface area contributed by atoms with Gasteiger partial charge in [0.2, 0.25) is 15.9 Å². The van der Waals surface area contributed by atoms with Crippen molar-refractivity contribution in [3.05, 3.63) is 59.1 Å². The number of anilines is 1. The van der Waals surface area contributed by atoms with Gasteiger partial charge in [-0.3, -0.25) is 4.79 Å². The highest BCUT2D eigenvalue weighted by Crippen LogP contribution is 2.23. The first kappa shape index (κ1) is 22.7. The molecule has 0 saturated carbocycles. The molecule has 1 amide bonds. The molecular formula is C22H28ClN3O3S. The molecule has 3 rings (SSSR count). The standard InChI is InChI=1S/C22H28ClN3O3S/c1-17(18-9-11-19(23)12-10-18)24-16-22(27)25-20-7-6-8-21(15-20)30(28,29)26-13-4-2-3-5-14-26/h6-12,15,17,24H,2-5,13-14,16H2,1H3,(H,25,27). The number of carbonyl (C=O) groups is 1. The largest absolute Gasteiger partial charge is 0.325 e. The quantitative estimate of drug-likeness (QED) is 0.664. The predicted octanol–water partition coefficient (Wildman–Crippen LogP) is 4.19. The summed E-state index contributed by atoms with van der Waals surface area (Å²) in [5.41, 5.74) is 1.49. The lowest BCUT2D eigenvalue weighted by molar-refractivity contribution is -0.115. The first-order valence-corrected chi connectivity index (χ1v) is 12.1. The van der Waals surface area contributed by atoms with Crippen molar-refractivity contribution in [2.24, 2.45) is 0 Å². The number of halogens is 1. The van der Waals surface area contributed by atoms with Gasteiger partial charge in [0.15, 0.2) is 0 Å². The van der Waals surface area contributed by atoms with Gasteiger partial charge in [0.25, 0.3) is 0 Å². The molecule has 0 bridgehead atoms. The summed E-state index contributed by atoms with van der Waals surface area (Å²) < 4.78 is 27.5. The first-order chi connectivity index (χ1) is 14.4. The molecule has 2 N–H and O–H groups in total. The summed E-state index contributed by atoms with van der Waals surface area (Å²) in [6.07, 6.45) is 3.88. The molecule has 2 aromatic rings. The number of sulfonamides is 1. The zero-order valence-electron chi connectivity index (χ0n) is 17.1. The van der Waals surface area contributed by atoms with E-state index >= 15 is 0 Å². The monoisotopic (exact) mass is 449 g/mol. The lowest BCUT2D eigenvalue weighted by Gasteiger charge is -2.20. The van der Waals surface area contributed by atoms with Crippen LogP contribution in [-0.4, -0.2) is 38.3 Å². The van der Waals surface area contributed by atoms with Crippen LogP contribution in [0.2, 0.25) is 5.02 Å². The lowest BCUT2D eigenvalue weighted by Crippen LogP contribution is -2.32. The molecule has 0 spiro atoms. The summed E-state index contributed by atoms with van der Waals surface area (Å²) in [7, 11) is -3.55. The minimum Gasteiger partial charge on any atom is -0.325 e. The van der Waals surface area contributed by atoms with Gasteiger partial charge in [-0.25, -0.2) is 8.42 Å². The molecular weight excluding hydrogens is 422 g/mol. The second kappa shape index (κ2) is 10.4. The van der Waals surface area contributed by atoms with Crippen molar-refractivity contribution < 1.29 is 13.2 Å². The second-order valence-corrected chi connectivity index (χ2v) is 9.92. The molecule has 6 nitrogen and oxygen atoms in total. The molecule has 1 aliphatic rings. The molecule has 0 aromatic heterocycles. The normalized spacial score (nSPS) is 16.6. The third-order valence-electron chi connectivity index (χ3n) is 5.26. The average molecular weight is 450 g/mol. The van der Waals surface area contributed by atoms with Crippen molar-refractivity contribution >= 4 is 33.2 Å². The van der Waals surface area contributed by atoms with Gasteiger partial charge in [0.1, 0.15) is 0 Å². The third kappa shape index (κ3) is 6.04. The van der Waals surface area contributed by atoms with Gasteiger partial charge >= 0.3 is 0 Å². The molecule has 162 valence electrons. The average Bonchev–Trinajstić information content (AvgIpc) is 3.03. The van der Waals surface area contributed by atoms with Crippen LogP contribution in [0.3, 0.4) is 0 Å². The maximum atomic E-state index is 13.0. The number of nitrogens with one attached hydrogen (secondary N) is 2. The fourth-order valence-corrected chi connectivity index (χ4v) is 5.18. The molecule has 1 fully saturated rings. The minimum absolute atomic E-state index is 0.0252. The number of nitrogens with zero attached hydrogens (tertiary/aromatic N) is 1. The summed E-state index contributed by atoms with van der Waals surface area (Å²) in [4.78, 5) is 12.6. The molecule has 1 saturated heterocycles. The Morgan fingerprint density at radius 3 is 2.40 bits per heavy atom. The Morgan fingerprint density at radius 2 is 1.73 bits per heavy atom. The van der Waals surface area contributed by atoms with Crippen LogP contribution in [0.25, 0.3) is 0 Å². The second-order valence-electron chi connectivity index (χ2n) is 7.55. The van der Waals surface area contributed by atoms with Crippen LogP contribution in [0.1, 0.15) is 44.2 Å². The molecule has 1 atom stereocenters. The number of hydrogen-bond donors (Lipinski definition) is 2. The Labute approximate surface area is 183 Å². The number of benzene rings is 2. The Morgan fingerprint density at radius 1 is 1.07 bits per heavy atom. The van der Waals surface area contributed by atoms with E-state index in [4.69, 9.17) is 11.6 Å². The van der Waals surface area contributed by atoms with E-state index in [-0.39, 0.29) is 23.4 Å². The number of hydrogen-bond acceptors (Lipinski definition) is 4. The van der Waals surface area contributed by atoms with Crippen molar-refractivity contribution in [3.63, 3.8) is 0 Å². The van der Waals surface area contributed by atoms with Gasteiger partial charge in [-0.15, -0.1) is 0 Å². The SMILES string of the molecule is CC(NCC(=O)Nc1cccc(S(=O)(=O)N2CCCCCC2)c1)c1ccc(Cl)cc1. The minimum atomic E-state index is -3.55. The Bertz CT molecular complexity index is 956. The predicted molar refractivity (Wildman–Crippen MR) is 120 cm³/mol. The molecule has 2 aromatic carbocycles. The van der Waals surface area contributed by atoms with Crippen LogP contribution in [0, 0.1) is 0 Å². The Kier molecular flexibility index (Phi) is 7.88. The highest BCUT2D eigenvalue weighted by atomic mass is 35.5. The summed E-state index contributed by atoms with van der Waals surface area (Å²) >= 11 is 5.91. The third-order valence-corrected chi connectivity index (χ3v) is 7.41. The van der Waals surface area contributed by atoms with Crippen LogP contribution >= 0.6 is 11.6 Å². The summed E-state index contributed by atoms with van der Waals surface area (Å²) in [6, 6.07) is 13.9. The molecule has 0 radical (unpaired) electrons. The highest BCUT2D eigenvalue weighted by Gasteiger charge is 2.25. The molecule has 1 aliphatic heterocycles. The fraction of sp³-hybridized carbons (Fsp3) is 0.409. The van der Waals surface area contributed by atoms with Crippen LogP contribution < -0.4 is 10.6 Å². The van der Waals surface area contributed by atoms with Gasteiger partial charge in [0, 0.05) is 29.8 Å². The van der Waals surface area contributed by atoms with E-state index in [1.54, 1.807) is 22.5 Å². The van der Waals surface area contributed by atoms with Gasteiger partial charge in [-0.05, 0) is 55.7 Å². The molecule has 0 aliphatic carbocycles. The van der Waals surface area contributed by atoms with Gasteiger partial charge in [-0.1, -0.05) is 42.6 Å². The zero-order chi connectivity index (χ0) is 21.6. The zero-order valence-corrected chi connectivity index (χ0v) is 18.7. The molecule has 8 heteroatoms. The lowest BCUT2D eigenvalue weighted by atomic mass is 10.1. The van der Waals surface area contributed by atoms with E-state index < -0.39 is 10.0 Å². The van der Waals surface area contributed by atoms with E-state index in [9.17, 15) is 13.2 Å². The summed E-state index contributed by atoms with van der Waals surface area (Å²) in [5, 5.41) is 6.61. The number of carbonyl (C=O) groups excluding carboxylic acids is 1. The van der Waals surface area contributed by atoms with E-state index in [1.807, 2.05) is 31.2 Å². The topological polar surface area (TPSA) is 78.5 Å². The summed E-state index contributed by atoms with van der Waals surface area (Å²) in [5.74, 6) is -0.236. The first-order valence-electron chi connectivity index (χ1n) is 10.3. The van der Waals surface area contributed by atoms with Crippen molar-refractivity contribution in [1.29, 1.82) is 0 Å². The molecule has 1 heterocycles. The smallest absolute Gasteiger partial charge is 0.243 e. The van der Waals surface area contributed by atoms with E-state index in [1.165, 1.54) is 6.07 Å².